The summed E-state index contributed by atoms with van der Waals surface area (Å²) in [6.45, 7) is 9.80. The maximum atomic E-state index is 13.2. The Hall–Kier alpha value is -3.50. The Balaban J connectivity index is 1.81. The average molecular weight is 543 g/mol. The number of cyclic esters (lactones) is 1. The highest BCUT2D eigenvalue weighted by molar-refractivity contribution is 5.98. The van der Waals surface area contributed by atoms with Gasteiger partial charge >= 0.3 is 11.9 Å². The minimum Gasteiger partial charge on any atom is -0.493 e. The van der Waals surface area contributed by atoms with Gasteiger partial charge in [0, 0.05) is 31.7 Å². The van der Waals surface area contributed by atoms with Crippen molar-refractivity contribution < 1.29 is 38.1 Å². The van der Waals surface area contributed by atoms with Crippen LogP contribution < -0.4 is 14.8 Å². The van der Waals surface area contributed by atoms with Crippen molar-refractivity contribution in [2.75, 3.05) is 26.9 Å². The second-order valence-corrected chi connectivity index (χ2v) is 10.1. The molecule has 0 radical (unpaired) electrons. The molecular formula is C29H38N2O8. The molecule has 0 spiro atoms. The number of carbonyl (C=O) groups is 3. The number of benzene rings is 1. The number of carbonyl (C=O) groups excluding carboxylic acids is 3. The Bertz CT molecular complexity index is 1130. The van der Waals surface area contributed by atoms with Crippen molar-refractivity contribution in [1.82, 2.24) is 10.3 Å². The number of nitrogens with zero attached hydrogens (tertiary/aromatic N) is 1. The van der Waals surface area contributed by atoms with E-state index in [1.807, 2.05) is 6.92 Å². The molecule has 1 aliphatic rings. The smallest absolute Gasteiger partial charge is 0.331 e. The summed E-state index contributed by atoms with van der Waals surface area (Å²) in [6.07, 6.45) is 0.997. The Kier molecular flexibility index (Phi) is 10.8. The monoisotopic (exact) mass is 542 g/mol. The molecule has 10 nitrogen and oxygen atoms in total. The molecule has 1 fully saturated rings. The van der Waals surface area contributed by atoms with E-state index in [1.165, 1.54) is 31.9 Å². The molecule has 4 atom stereocenters. The molecule has 1 aliphatic heterocycles. The Morgan fingerprint density at radius 1 is 1.15 bits per heavy atom. The van der Waals surface area contributed by atoms with Crippen LogP contribution in [0.2, 0.25) is 0 Å². The van der Waals surface area contributed by atoms with Gasteiger partial charge in [0.15, 0.2) is 17.5 Å². The van der Waals surface area contributed by atoms with Crippen LogP contribution in [0.25, 0.3) is 0 Å². The molecule has 2 heterocycles. The standard InChI is InChI=1S/C29H38N2O8/c1-17(2)14-37-26-19(4)38-29(34)23(16-36-15-22(26)13-21-9-7-18(3)8-10-21)31-28(33)25-27(39-20(5)32)24(35-6)11-12-30-25/h7-12,17,19,22-23,26H,13-16H2,1-6H3,(H,31,33)/t19-,22-,23-,26-/m0/s1. The van der Waals surface area contributed by atoms with Crippen molar-refractivity contribution >= 4 is 17.8 Å². The Morgan fingerprint density at radius 3 is 2.51 bits per heavy atom. The fourth-order valence-corrected chi connectivity index (χ4v) is 4.32. The molecule has 212 valence electrons. The number of hydrogen-bond acceptors (Lipinski definition) is 9. The van der Waals surface area contributed by atoms with E-state index in [1.54, 1.807) is 6.92 Å². The van der Waals surface area contributed by atoms with Gasteiger partial charge in [-0.25, -0.2) is 9.78 Å². The summed E-state index contributed by atoms with van der Waals surface area (Å²) < 4.78 is 28.4. The minimum absolute atomic E-state index is 0.0978. The lowest BCUT2D eigenvalue weighted by Crippen LogP contribution is -2.46. The van der Waals surface area contributed by atoms with E-state index in [0.717, 1.165) is 5.56 Å². The van der Waals surface area contributed by atoms with E-state index in [4.69, 9.17) is 23.7 Å². The van der Waals surface area contributed by atoms with Crippen molar-refractivity contribution in [2.24, 2.45) is 11.8 Å². The van der Waals surface area contributed by atoms with Gasteiger partial charge in [-0.2, -0.15) is 0 Å². The molecule has 1 aromatic heterocycles. The number of aromatic nitrogens is 1. The lowest BCUT2D eigenvalue weighted by molar-refractivity contribution is -0.161. The van der Waals surface area contributed by atoms with Gasteiger partial charge in [0.25, 0.3) is 5.91 Å². The number of ether oxygens (including phenoxy) is 5. The first-order valence-corrected chi connectivity index (χ1v) is 13.1. The third-order valence-corrected chi connectivity index (χ3v) is 6.23. The van der Waals surface area contributed by atoms with Gasteiger partial charge in [0.2, 0.25) is 5.75 Å². The summed E-state index contributed by atoms with van der Waals surface area (Å²) in [5, 5.41) is 2.61. The number of nitrogens with one attached hydrogen (secondary N) is 1. The van der Waals surface area contributed by atoms with Crippen LogP contribution in [-0.4, -0.2) is 68.0 Å². The summed E-state index contributed by atoms with van der Waals surface area (Å²) in [7, 11) is 1.37. The second kappa shape index (κ2) is 14.0. The number of methoxy groups -OCH3 is 1. The summed E-state index contributed by atoms with van der Waals surface area (Å²) in [5.74, 6) is -1.86. The number of esters is 2. The fraction of sp³-hybridized carbons (Fsp3) is 0.517. The first-order valence-electron chi connectivity index (χ1n) is 13.1. The number of hydrogen-bond donors (Lipinski definition) is 1. The normalized spacial score (nSPS) is 21.8. The highest BCUT2D eigenvalue weighted by atomic mass is 16.6. The molecule has 39 heavy (non-hydrogen) atoms. The van der Waals surface area contributed by atoms with E-state index in [-0.39, 0.29) is 35.6 Å². The maximum absolute atomic E-state index is 13.2. The van der Waals surface area contributed by atoms with Crippen LogP contribution in [0.3, 0.4) is 0 Å². The molecule has 1 amide bonds. The summed E-state index contributed by atoms with van der Waals surface area (Å²) in [5.41, 5.74) is 2.08. The van der Waals surface area contributed by atoms with Crippen molar-refractivity contribution in [3.05, 3.63) is 53.3 Å². The highest BCUT2D eigenvalue weighted by Crippen LogP contribution is 2.30. The third kappa shape index (κ3) is 8.49. The SMILES string of the molecule is COc1ccnc(C(=O)N[C@H]2COC[C@H](Cc3ccc(C)cc3)[C@@H](OCC(C)C)[C@H](C)OC2=O)c1OC(C)=O. The summed E-state index contributed by atoms with van der Waals surface area (Å²) in [4.78, 5) is 42.0. The molecule has 0 aliphatic carbocycles. The van der Waals surface area contributed by atoms with Crippen LogP contribution in [0, 0.1) is 18.8 Å². The molecule has 1 saturated heterocycles. The molecule has 10 heteroatoms. The predicted octanol–water partition coefficient (Wildman–Crippen LogP) is 3.28. The Morgan fingerprint density at radius 2 is 1.87 bits per heavy atom. The largest absolute Gasteiger partial charge is 0.493 e. The van der Waals surface area contributed by atoms with E-state index in [9.17, 15) is 14.4 Å². The predicted molar refractivity (Wildman–Crippen MR) is 143 cm³/mol. The van der Waals surface area contributed by atoms with Crippen molar-refractivity contribution in [1.29, 1.82) is 0 Å². The van der Waals surface area contributed by atoms with Crippen LogP contribution >= 0.6 is 0 Å². The van der Waals surface area contributed by atoms with Gasteiger partial charge in [-0.15, -0.1) is 0 Å². The van der Waals surface area contributed by atoms with Crippen molar-refractivity contribution in [3.8, 4) is 11.5 Å². The first-order chi connectivity index (χ1) is 18.6. The minimum atomic E-state index is -1.12. The molecule has 2 aromatic rings. The van der Waals surface area contributed by atoms with Crippen LogP contribution in [0.15, 0.2) is 36.5 Å². The third-order valence-electron chi connectivity index (χ3n) is 6.23. The van der Waals surface area contributed by atoms with Crippen LogP contribution in [0.5, 0.6) is 11.5 Å². The van der Waals surface area contributed by atoms with Gasteiger partial charge in [0.1, 0.15) is 6.10 Å². The van der Waals surface area contributed by atoms with Gasteiger partial charge in [-0.3, -0.25) is 9.59 Å². The lowest BCUT2D eigenvalue weighted by atomic mass is 9.91. The van der Waals surface area contributed by atoms with Crippen LogP contribution in [0.1, 0.15) is 49.3 Å². The topological polar surface area (TPSA) is 122 Å². The number of aryl methyl sites for hydroxylation is 1. The van der Waals surface area contributed by atoms with Crippen molar-refractivity contribution in [3.63, 3.8) is 0 Å². The zero-order valence-electron chi connectivity index (χ0n) is 23.4. The molecule has 1 N–H and O–H groups in total. The summed E-state index contributed by atoms with van der Waals surface area (Å²) in [6, 6.07) is 8.59. The molecular weight excluding hydrogens is 504 g/mol. The highest BCUT2D eigenvalue weighted by Gasteiger charge is 2.36. The molecule has 0 bridgehead atoms. The maximum Gasteiger partial charge on any atom is 0.331 e. The molecule has 0 unspecified atom stereocenters. The second-order valence-electron chi connectivity index (χ2n) is 10.1. The lowest BCUT2D eigenvalue weighted by Gasteiger charge is -2.31. The van der Waals surface area contributed by atoms with E-state index < -0.39 is 36.1 Å². The van der Waals surface area contributed by atoms with Gasteiger partial charge < -0.3 is 29.0 Å². The fourth-order valence-electron chi connectivity index (χ4n) is 4.32. The van der Waals surface area contributed by atoms with Crippen molar-refractivity contribution in [2.45, 2.75) is 59.3 Å². The van der Waals surface area contributed by atoms with Crippen LogP contribution in [-0.2, 0) is 30.2 Å². The summed E-state index contributed by atoms with van der Waals surface area (Å²) >= 11 is 0. The van der Waals surface area contributed by atoms with E-state index in [2.05, 4.69) is 48.4 Å². The number of amides is 1. The average Bonchev–Trinajstić information content (AvgIpc) is 2.92. The number of rotatable bonds is 9. The van der Waals surface area contributed by atoms with Gasteiger partial charge in [-0.1, -0.05) is 43.7 Å². The zero-order chi connectivity index (χ0) is 28.5. The number of pyridine rings is 1. The quantitative estimate of drug-likeness (QED) is 0.476. The van der Waals surface area contributed by atoms with E-state index >= 15 is 0 Å². The molecule has 1 aromatic carbocycles. The van der Waals surface area contributed by atoms with Gasteiger partial charge in [0.05, 0.1) is 26.4 Å². The molecule has 0 saturated carbocycles. The molecule has 3 rings (SSSR count). The van der Waals surface area contributed by atoms with E-state index in [0.29, 0.717) is 19.6 Å². The first kappa shape index (κ1) is 30.0. The zero-order valence-corrected chi connectivity index (χ0v) is 23.4. The van der Waals surface area contributed by atoms with Gasteiger partial charge in [-0.05, 0) is 31.7 Å². The van der Waals surface area contributed by atoms with Crippen LogP contribution in [0.4, 0.5) is 0 Å². The Labute approximate surface area is 229 Å².